The Labute approximate surface area is 109 Å². The molecule has 0 bridgehead atoms. The van der Waals surface area contributed by atoms with E-state index < -0.39 is 11.4 Å². The molecule has 0 aromatic carbocycles. The first kappa shape index (κ1) is 14.8. The zero-order valence-electron chi connectivity index (χ0n) is 11.4. The third kappa shape index (κ3) is 3.37. The lowest BCUT2D eigenvalue weighted by molar-refractivity contribution is -0.148. The predicted molar refractivity (Wildman–Crippen MR) is 69.5 cm³/mol. The zero-order chi connectivity index (χ0) is 13.6. The number of aliphatic carboxylic acids is 1. The summed E-state index contributed by atoms with van der Waals surface area (Å²) in [6, 6.07) is -0.123. The molecule has 1 aliphatic rings. The second kappa shape index (κ2) is 6.61. The molecule has 0 spiro atoms. The fourth-order valence-corrected chi connectivity index (χ4v) is 2.34. The third-order valence-electron chi connectivity index (χ3n) is 3.83. The summed E-state index contributed by atoms with van der Waals surface area (Å²) < 4.78 is 0. The van der Waals surface area contributed by atoms with Crippen molar-refractivity contribution >= 4 is 12.0 Å². The summed E-state index contributed by atoms with van der Waals surface area (Å²) in [5.74, 6) is -0.786. The number of rotatable bonds is 6. The van der Waals surface area contributed by atoms with Crippen LogP contribution in [0.5, 0.6) is 0 Å². The highest BCUT2D eigenvalue weighted by Gasteiger charge is 2.44. The minimum Gasteiger partial charge on any atom is -0.481 e. The summed E-state index contributed by atoms with van der Waals surface area (Å²) in [4.78, 5) is 24.7. The maximum atomic E-state index is 11.9. The Kier molecular flexibility index (Phi) is 5.44. The van der Waals surface area contributed by atoms with Gasteiger partial charge in [-0.1, -0.05) is 26.7 Å². The molecule has 1 aliphatic heterocycles. The molecule has 1 saturated heterocycles. The van der Waals surface area contributed by atoms with Crippen LogP contribution in [0.2, 0.25) is 0 Å². The summed E-state index contributed by atoms with van der Waals surface area (Å²) in [5, 5.41) is 12.1. The summed E-state index contributed by atoms with van der Waals surface area (Å²) in [6.45, 7) is 5.54. The number of hydrogen-bond donors (Lipinski definition) is 2. The van der Waals surface area contributed by atoms with Crippen LogP contribution in [-0.4, -0.2) is 41.6 Å². The Balaban J connectivity index is 2.41. The molecule has 1 heterocycles. The van der Waals surface area contributed by atoms with Crippen molar-refractivity contribution in [3.8, 4) is 0 Å². The maximum Gasteiger partial charge on any atom is 0.317 e. The summed E-state index contributed by atoms with van der Waals surface area (Å²) >= 11 is 0. The third-order valence-corrected chi connectivity index (χ3v) is 3.83. The normalized spacial score (nSPS) is 23.1. The number of amides is 2. The van der Waals surface area contributed by atoms with Crippen LogP contribution >= 0.6 is 0 Å². The topological polar surface area (TPSA) is 69.6 Å². The van der Waals surface area contributed by atoms with Gasteiger partial charge in [0.05, 0.1) is 5.41 Å². The SMILES string of the molecule is CCCCCNC(=O)N1CCC(CC)(C(=O)O)C1. The summed E-state index contributed by atoms with van der Waals surface area (Å²) in [7, 11) is 0. The Hall–Kier alpha value is -1.26. The highest BCUT2D eigenvalue weighted by atomic mass is 16.4. The molecule has 1 fully saturated rings. The molecule has 0 aromatic rings. The van der Waals surface area contributed by atoms with Crippen molar-refractivity contribution in [1.82, 2.24) is 10.2 Å². The van der Waals surface area contributed by atoms with Crippen molar-refractivity contribution in [2.45, 2.75) is 46.0 Å². The van der Waals surface area contributed by atoms with Gasteiger partial charge in [-0.05, 0) is 19.3 Å². The average Bonchev–Trinajstić information content (AvgIpc) is 2.80. The molecule has 0 saturated carbocycles. The molecular weight excluding hydrogens is 232 g/mol. The molecule has 2 amide bonds. The molecule has 1 atom stereocenters. The second-order valence-electron chi connectivity index (χ2n) is 5.05. The number of urea groups is 1. The highest BCUT2D eigenvalue weighted by molar-refractivity contribution is 5.79. The summed E-state index contributed by atoms with van der Waals surface area (Å²) in [6.07, 6.45) is 4.34. The molecule has 2 N–H and O–H groups in total. The quantitative estimate of drug-likeness (QED) is 0.715. The average molecular weight is 256 g/mol. The van der Waals surface area contributed by atoms with Gasteiger partial charge in [-0.25, -0.2) is 4.79 Å². The van der Waals surface area contributed by atoms with Gasteiger partial charge in [-0.3, -0.25) is 4.79 Å². The first-order valence-corrected chi connectivity index (χ1v) is 6.82. The number of carboxylic acid groups (broad SMARTS) is 1. The summed E-state index contributed by atoms with van der Waals surface area (Å²) in [5.41, 5.74) is -0.735. The van der Waals surface area contributed by atoms with Gasteiger partial charge in [0.15, 0.2) is 0 Å². The second-order valence-corrected chi connectivity index (χ2v) is 5.05. The van der Waals surface area contributed by atoms with Crippen molar-refractivity contribution in [1.29, 1.82) is 0 Å². The van der Waals surface area contributed by atoms with Crippen LogP contribution in [0.3, 0.4) is 0 Å². The van der Waals surface area contributed by atoms with Gasteiger partial charge in [0.25, 0.3) is 0 Å². The maximum absolute atomic E-state index is 11.9. The van der Waals surface area contributed by atoms with Crippen molar-refractivity contribution < 1.29 is 14.7 Å². The van der Waals surface area contributed by atoms with Crippen LogP contribution in [0.15, 0.2) is 0 Å². The van der Waals surface area contributed by atoms with Crippen molar-refractivity contribution in [3.63, 3.8) is 0 Å². The molecule has 18 heavy (non-hydrogen) atoms. The Morgan fingerprint density at radius 2 is 2.06 bits per heavy atom. The number of carbonyl (C=O) groups is 2. The van der Waals surface area contributed by atoms with E-state index in [1.807, 2.05) is 6.92 Å². The molecule has 5 heteroatoms. The molecule has 104 valence electrons. The Bertz CT molecular complexity index is 307. The monoisotopic (exact) mass is 256 g/mol. The largest absolute Gasteiger partial charge is 0.481 e. The molecular formula is C13H24N2O3. The fraction of sp³-hybridized carbons (Fsp3) is 0.846. The molecule has 0 aromatic heterocycles. The van der Waals surface area contributed by atoms with Gasteiger partial charge in [0, 0.05) is 19.6 Å². The molecule has 0 radical (unpaired) electrons. The van der Waals surface area contributed by atoms with Gasteiger partial charge in [0.1, 0.15) is 0 Å². The predicted octanol–water partition coefficient (Wildman–Crippen LogP) is 2.07. The van der Waals surface area contributed by atoms with Crippen LogP contribution < -0.4 is 5.32 Å². The van der Waals surface area contributed by atoms with Crippen molar-refractivity contribution in [2.24, 2.45) is 5.41 Å². The lowest BCUT2D eigenvalue weighted by Crippen LogP contribution is -2.41. The lowest BCUT2D eigenvalue weighted by Gasteiger charge is -2.23. The van der Waals surface area contributed by atoms with E-state index in [4.69, 9.17) is 0 Å². The minimum absolute atomic E-state index is 0.123. The van der Waals surface area contributed by atoms with E-state index in [9.17, 15) is 14.7 Å². The van der Waals surface area contributed by atoms with Crippen molar-refractivity contribution in [3.05, 3.63) is 0 Å². The number of carboxylic acids is 1. The number of nitrogens with zero attached hydrogens (tertiary/aromatic N) is 1. The number of carbonyl (C=O) groups excluding carboxylic acids is 1. The van der Waals surface area contributed by atoms with Gasteiger partial charge >= 0.3 is 12.0 Å². The molecule has 1 rings (SSSR count). The lowest BCUT2D eigenvalue weighted by atomic mass is 9.84. The number of unbranched alkanes of at least 4 members (excludes halogenated alkanes) is 2. The van der Waals surface area contributed by atoms with E-state index in [2.05, 4.69) is 12.2 Å². The molecule has 0 aliphatic carbocycles. The molecule has 1 unspecified atom stereocenters. The number of likely N-dealkylation sites (tertiary alicyclic amines) is 1. The van der Waals surface area contributed by atoms with E-state index in [0.29, 0.717) is 32.5 Å². The first-order valence-electron chi connectivity index (χ1n) is 6.82. The van der Waals surface area contributed by atoms with Crippen LogP contribution in [0.4, 0.5) is 4.79 Å². The smallest absolute Gasteiger partial charge is 0.317 e. The van der Waals surface area contributed by atoms with E-state index in [-0.39, 0.29) is 6.03 Å². The van der Waals surface area contributed by atoms with E-state index in [1.165, 1.54) is 0 Å². The van der Waals surface area contributed by atoms with Crippen LogP contribution in [0.25, 0.3) is 0 Å². The highest BCUT2D eigenvalue weighted by Crippen LogP contribution is 2.34. The van der Waals surface area contributed by atoms with Crippen LogP contribution in [-0.2, 0) is 4.79 Å². The fourth-order valence-electron chi connectivity index (χ4n) is 2.34. The standard InChI is InChI=1S/C13H24N2O3/c1-3-5-6-8-14-12(18)15-9-7-13(4-2,10-15)11(16)17/h3-10H2,1-2H3,(H,14,18)(H,16,17). The van der Waals surface area contributed by atoms with Gasteiger partial charge in [0.2, 0.25) is 0 Å². The van der Waals surface area contributed by atoms with E-state index >= 15 is 0 Å². The van der Waals surface area contributed by atoms with Gasteiger partial charge in [-0.2, -0.15) is 0 Å². The van der Waals surface area contributed by atoms with Crippen LogP contribution in [0.1, 0.15) is 46.0 Å². The first-order chi connectivity index (χ1) is 8.55. The zero-order valence-corrected chi connectivity index (χ0v) is 11.4. The van der Waals surface area contributed by atoms with Gasteiger partial charge in [-0.15, -0.1) is 0 Å². The minimum atomic E-state index is -0.786. The molecule has 5 nitrogen and oxygen atoms in total. The van der Waals surface area contributed by atoms with Crippen molar-refractivity contribution in [2.75, 3.05) is 19.6 Å². The Morgan fingerprint density at radius 3 is 2.56 bits per heavy atom. The van der Waals surface area contributed by atoms with E-state index in [0.717, 1.165) is 19.3 Å². The van der Waals surface area contributed by atoms with E-state index in [1.54, 1.807) is 4.90 Å². The Morgan fingerprint density at radius 1 is 1.33 bits per heavy atom. The van der Waals surface area contributed by atoms with Crippen LogP contribution in [0, 0.1) is 5.41 Å². The number of nitrogens with one attached hydrogen (secondary N) is 1. The number of hydrogen-bond acceptors (Lipinski definition) is 2. The van der Waals surface area contributed by atoms with Gasteiger partial charge < -0.3 is 15.3 Å².